The van der Waals surface area contributed by atoms with Gasteiger partial charge in [0, 0.05) is 19.7 Å². The van der Waals surface area contributed by atoms with E-state index in [9.17, 15) is 0 Å². The highest BCUT2D eigenvalue weighted by Crippen LogP contribution is 2.27. The minimum Gasteiger partial charge on any atom is -0.380 e. The molecule has 0 amide bonds. The van der Waals surface area contributed by atoms with E-state index in [0.717, 1.165) is 12.5 Å². The van der Waals surface area contributed by atoms with Gasteiger partial charge in [-0.25, -0.2) is 0 Å². The van der Waals surface area contributed by atoms with Gasteiger partial charge in [0.2, 0.25) is 0 Å². The van der Waals surface area contributed by atoms with Gasteiger partial charge in [-0.15, -0.1) is 0 Å². The number of hydrogen-bond donors (Lipinski definition) is 1. The van der Waals surface area contributed by atoms with Crippen LogP contribution in [0.15, 0.2) is 24.3 Å². The Hall–Kier alpha value is -0.860. The van der Waals surface area contributed by atoms with Crippen LogP contribution >= 0.6 is 0 Å². The number of nitrogens with one attached hydrogen (secondary N) is 1. The molecule has 18 heavy (non-hydrogen) atoms. The van der Waals surface area contributed by atoms with Crippen LogP contribution in [0.2, 0.25) is 0 Å². The Bertz CT molecular complexity index is 358. The average Bonchev–Trinajstić information content (AvgIpc) is 2.92. The molecule has 1 N–H and O–H groups in total. The van der Waals surface area contributed by atoms with Crippen molar-refractivity contribution in [2.24, 2.45) is 5.92 Å². The van der Waals surface area contributed by atoms with Gasteiger partial charge in [-0.2, -0.15) is 0 Å². The Balaban J connectivity index is 1.88. The standard InChI is InChI=1S/C16H25NO/c1-13(14-7-3-4-8-14)17-11-15-9-5-6-10-16(15)12-18-2/h5-6,9-10,13-14,17H,3-4,7-8,11-12H2,1-2H3/t13-/m0/s1. The van der Waals surface area contributed by atoms with E-state index < -0.39 is 0 Å². The van der Waals surface area contributed by atoms with Crippen molar-refractivity contribution in [1.29, 1.82) is 0 Å². The van der Waals surface area contributed by atoms with Gasteiger partial charge in [-0.05, 0) is 36.8 Å². The van der Waals surface area contributed by atoms with E-state index in [1.165, 1.54) is 36.8 Å². The summed E-state index contributed by atoms with van der Waals surface area (Å²) in [5.74, 6) is 0.875. The van der Waals surface area contributed by atoms with Crippen LogP contribution in [0.1, 0.15) is 43.7 Å². The van der Waals surface area contributed by atoms with E-state index in [-0.39, 0.29) is 0 Å². The van der Waals surface area contributed by atoms with Crippen molar-refractivity contribution < 1.29 is 4.74 Å². The molecule has 0 saturated heterocycles. The lowest BCUT2D eigenvalue weighted by atomic mass is 9.99. The molecule has 0 aromatic heterocycles. The Morgan fingerprint density at radius 2 is 1.89 bits per heavy atom. The molecule has 0 radical (unpaired) electrons. The van der Waals surface area contributed by atoms with Crippen LogP contribution in [0.3, 0.4) is 0 Å². The lowest BCUT2D eigenvalue weighted by Crippen LogP contribution is -2.32. The van der Waals surface area contributed by atoms with Gasteiger partial charge >= 0.3 is 0 Å². The number of ether oxygens (including phenoxy) is 1. The Morgan fingerprint density at radius 3 is 2.56 bits per heavy atom. The smallest absolute Gasteiger partial charge is 0.0716 e. The molecule has 2 nitrogen and oxygen atoms in total. The highest BCUT2D eigenvalue weighted by molar-refractivity contribution is 5.26. The van der Waals surface area contributed by atoms with Gasteiger partial charge in [-0.1, -0.05) is 37.1 Å². The highest BCUT2D eigenvalue weighted by atomic mass is 16.5. The second-order valence-electron chi connectivity index (χ2n) is 5.42. The minimum absolute atomic E-state index is 0.628. The zero-order valence-electron chi connectivity index (χ0n) is 11.6. The minimum atomic E-state index is 0.628. The molecule has 1 aromatic rings. The van der Waals surface area contributed by atoms with Gasteiger partial charge in [-0.3, -0.25) is 0 Å². The number of methoxy groups -OCH3 is 1. The molecule has 1 atom stereocenters. The third-order valence-corrected chi connectivity index (χ3v) is 4.14. The van der Waals surface area contributed by atoms with Crippen LogP contribution < -0.4 is 5.32 Å². The molecule has 0 spiro atoms. The number of hydrogen-bond acceptors (Lipinski definition) is 2. The van der Waals surface area contributed by atoms with Gasteiger partial charge in [0.05, 0.1) is 6.61 Å². The summed E-state index contributed by atoms with van der Waals surface area (Å²) in [6, 6.07) is 9.17. The molecular weight excluding hydrogens is 222 g/mol. The van der Waals surface area contributed by atoms with Crippen LogP contribution in [0.4, 0.5) is 0 Å². The highest BCUT2D eigenvalue weighted by Gasteiger charge is 2.20. The van der Waals surface area contributed by atoms with Crippen molar-refractivity contribution in [2.75, 3.05) is 7.11 Å². The largest absolute Gasteiger partial charge is 0.380 e. The lowest BCUT2D eigenvalue weighted by Gasteiger charge is -2.21. The molecule has 1 aromatic carbocycles. The summed E-state index contributed by atoms with van der Waals surface area (Å²) in [6.07, 6.45) is 5.62. The molecule has 0 heterocycles. The third kappa shape index (κ3) is 3.56. The average molecular weight is 247 g/mol. The van der Waals surface area contributed by atoms with Crippen molar-refractivity contribution >= 4 is 0 Å². The molecule has 1 aliphatic carbocycles. The van der Waals surface area contributed by atoms with Gasteiger partial charge in [0.1, 0.15) is 0 Å². The normalized spacial score (nSPS) is 18.1. The summed E-state index contributed by atoms with van der Waals surface area (Å²) in [4.78, 5) is 0. The predicted octanol–water partition coefficient (Wildman–Crippen LogP) is 3.50. The van der Waals surface area contributed by atoms with Crippen LogP contribution in [0.5, 0.6) is 0 Å². The third-order valence-electron chi connectivity index (χ3n) is 4.14. The Labute approximate surface area is 111 Å². The maximum atomic E-state index is 5.25. The molecule has 1 saturated carbocycles. The fourth-order valence-electron chi connectivity index (χ4n) is 2.92. The van der Waals surface area contributed by atoms with Gasteiger partial charge in [0.25, 0.3) is 0 Å². The van der Waals surface area contributed by atoms with E-state index >= 15 is 0 Å². The fourth-order valence-corrected chi connectivity index (χ4v) is 2.92. The zero-order chi connectivity index (χ0) is 12.8. The number of benzene rings is 1. The quantitative estimate of drug-likeness (QED) is 0.830. The zero-order valence-corrected chi connectivity index (χ0v) is 11.6. The van der Waals surface area contributed by atoms with E-state index in [0.29, 0.717) is 12.6 Å². The summed E-state index contributed by atoms with van der Waals surface area (Å²) in [6.45, 7) is 3.99. The van der Waals surface area contributed by atoms with Crippen LogP contribution in [0.25, 0.3) is 0 Å². The molecule has 0 bridgehead atoms. The fraction of sp³-hybridized carbons (Fsp3) is 0.625. The van der Waals surface area contributed by atoms with Crippen molar-refractivity contribution in [1.82, 2.24) is 5.32 Å². The van der Waals surface area contributed by atoms with Gasteiger partial charge < -0.3 is 10.1 Å². The molecular formula is C16H25NO. The molecule has 2 rings (SSSR count). The maximum absolute atomic E-state index is 5.25. The second-order valence-corrected chi connectivity index (χ2v) is 5.42. The number of rotatable bonds is 6. The topological polar surface area (TPSA) is 21.3 Å². The first kappa shape index (κ1) is 13.6. The summed E-state index contributed by atoms with van der Waals surface area (Å²) in [5.41, 5.74) is 2.66. The molecule has 0 aliphatic heterocycles. The molecule has 1 aliphatic rings. The predicted molar refractivity (Wildman–Crippen MR) is 75.4 cm³/mol. The Morgan fingerprint density at radius 1 is 1.22 bits per heavy atom. The van der Waals surface area contributed by atoms with E-state index in [4.69, 9.17) is 4.74 Å². The van der Waals surface area contributed by atoms with Crippen molar-refractivity contribution in [3.05, 3.63) is 35.4 Å². The first-order chi connectivity index (χ1) is 8.81. The molecule has 2 heteroatoms. The van der Waals surface area contributed by atoms with Crippen molar-refractivity contribution in [3.63, 3.8) is 0 Å². The van der Waals surface area contributed by atoms with E-state index in [2.05, 4.69) is 36.5 Å². The summed E-state index contributed by atoms with van der Waals surface area (Å²) >= 11 is 0. The first-order valence-corrected chi connectivity index (χ1v) is 7.10. The van der Waals surface area contributed by atoms with E-state index in [1.807, 2.05) is 0 Å². The summed E-state index contributed by atoms with van der Waals surface area (Å²) < 4.78 is 5.25. The molecule has 1 fully saturated rings. The van der Waals surface area contributed by atoms with Crippen LogP contribution in [0, 0.1) is 5.92 Å². The lowest BCUT2D eigenvalue weighted by molar-refractivity contribution is 0.184. The van der Waals surface area contributed by atoms with Gasteiger partial charge in [0.15, 0.2) is 0 Å². The van der Waals surface area contributed by atoms with E-state index in [1.54, 1.807) is 7.11 Å². The van der Waals surface area contributed by atoms with Crippen LogP contribution in [-0.4, -0.2) is 13.2 Å². The monoisotopic (exact) mass is 247 g/mol. The van der Waals surface area contributed by atoms with Crippen molar-refractivity contribution in [3.8, 4) is 0 Å². The van der Waals surface area contributed by atoms with Crippen molar-refractivity contribution in [2.45, 2.75) is 51.8 Å². The molecule has 100 valence electrons. The summed E-state index contributed by atoms with van der Waals surface area (Å²) in [7, 11) is 1.76. The SMILES string of the molecule is COCc1ccccc1CN[C@@H](C)C1CCCC1. The molecule has 0 unspecified atom stereocenters. The maximum Gasteiger partial charge on any atom is 0.0716 e. The second kappa shape index (κ2) is 6.91. The Kier molecular flexibility index (Phi) is 5.21. The summed E-state index contributed by atoms with van der Waals surface area (Å²) in [5, 5.41) is 3.68. The first-order valence-electron chi connectivity index (χ1n) is 7.10. The van der Waals surface area contributed by atoms with Crippen LogP contribution in [-0.2, 0) is 17.9 Å².